The van der Waals surface area contributed by atoms with Crippen LogP contribution in [0.15, 0.2) is 109 Å². The van der Waals surface area contributed by atoms with E-state index in [1.807, 2.05) is 123 Å². The number of hydrogen-bond donors (Lipinski definition) is 5. The first-order valence-electron chi connectivity index (χ1n) is 22.9. The van der Waals surface area contributed by atoms with Crippen LogP contribution < -0.4 is 25.8 Å². The van der Waals surface area contributed by atoms with Gasteiger partial charge in [0, 0.05) is 33.3 Å². The summed E-state index contributed by atoms with van der Waals surface area (Å²) in [5.41, 5.74) is 8.83. The zero-order chi connectivity index (χ0) is 49.3. The third kappa shape index (κ3) is 11.5. The van der Waals surface area contributed by atoms with E-state index in [-0.39, 0.29) is 13.2 Å². The molecule has 0 radical (unpaired) electrons. The fraction of sp³-hybridized carbons (Fsp3) is 0.340. The summed E-state index contributed by atoms with van der Waals surface area (Å²) in [4.78, 5) is 70.6. The lowest BCUT2D eigenvalue weighted by molar-refractivity contribution is -0.152. The molecule has 8 rings (SSSR count). The predicted octanol–water partition coefficient (Wildman–Crippen LogP) is 6.98. The molecular weight excluding hydrogens is 883 g/mol. The third-order valence-electron chi connectivity index (χ3n) is 12.7. The fourth-order valence-corrected chi connectivity index (χ4v) is 8.87. The van der Waals surface area contributed by atoms with Crippen LogP contribution in [0.25, 0.3) is 21.8 Å². The van der Waals surface area contributed by atoms with Crippen LogP contribution in [0.2, 0.25) is 0 Å². The van der Waals surface area contributed by atoms with E-state index < -0.39 is 58.4 Å². The number of rotatable bonds is 18. The summed E-state index contributed by atoms with van der Waals surface area (Å²) in [6, 6.07) is 34.0. The van der Waals surface area contributed by atoms with Crippen molar-refractivity contribution >= 4 is 51.5 Å². The van der Waals surface area contributed by atoms with E-state index in [4.69, 9.17) is 29.4 Å². The molecule has 2 aliphatic rings. The second-order valence-corrected chi connectivity index (χ2v) is 17.5. The number of ether oxygens (including phenoxy) is 4. The standard InChI is InChI=1S/C28H31N3O6.C25H26N2O5/c1-4-36-27(34)28(15-23(28)26(33)30-18(3)25(32)31-35)14-19-9-11-21(12-10-19)37-16-20-13-17(2)29-24-8-6-5-7-22(20)24;1-3-31-24(29)25(14-21(25)23(28)27-30)13-17-8-10-19(11-9-17)32-15-18-12-16(2)26-22-7-5-4-6-20(18)22/h5-13,18,23,35H,4,14-16H2,1-3H3,(H,30,33)(H,31,32);4-12,21,30H,3,13-15H2,1-2H3,(H,27,28)/t18-,23-,28+;21-,25+/m11/s1. The van der Waals surface area contributed by atoms with Crippen LogP contribution in [-0.4, -0.2) is 69.3 Å². The van der Waals surface area contributed by atoms with Gasteiger partial charge in [0.2, 0.25) is 11.8 Å². The average molecular weight is 940 g/mol. The Morgan fingerprint density at radius 1 is 0.623 bits per heavy atom. The zero-order valence-corrected chi connectivity index (χ0v) is 39.2. The van der Waals surface area contributed by atoms with E-state index in [2.05, 4.69) is 15.3 Å². The minimum atomic E-state index is -0.995. The van der Waals surface area contributed by atoms with Crippen molar-refractivity contribution in [1.82, 2.24) is 26.2 Å². The van der Waals surface area contributed by atoms with Gasteiger partial charge in [0.05, 0.1) is 46.9 Å². The van der Waals surface area contributed by atoms with Gasteiger partial charge in [-0.15, -0.1) is 0 Å². The lowest BCUT2D eigenvalue weighted by Crippen LogP contribution is -2.45. The Bertz CT molecular complexity index is 2840. The summed E-state index contributed by atoms with van der Waals surface area (Å²) in [6.45, 7) is 10.1. The molecule has 2 aliphatic carbocycles. The number of aromatic nitrogens is 2. The first-order valence-corrected chi connectivity index (χ1v) is 22.9. The van der Waals surface area contributed by atoms with Crippen molar-refractivity contribution in [3.05, 3.63) is 143 Å². The molecule has 2 aromatic heterocycles. The second kappa shape index (κ2) is 21.7. The molecule has 5 N–H and O–H groups in total. The van der Waals surface area contributed by atoms with E-state index in [1.54, 1.807) is 19.3 Å². The van der Waals surface area contributed by atoms with Gasteiger partial charge >= 0.3 is 11.9 Å². The molecule has 0 aliphatic heterocycles. The van der Waals surface area contributed by atoms with Gasteiger partial charge in [0.25, 0.3) is 5.91 Å². The number of para-hydroxylation sites is 2. The van der Waals surface area contributed by atoms with Gasteiger partial charge in [-0.2, -0.15) is 0 Å². The minimum Gasteiger partial charge on any atom is -0.489 e. The lowest BCUT2D eigenvalue weighted by Gasteiger charge is -2.18. The summed E-state index contributed by atoms with van der Waals surface area (Å²) < 4.78 is 22.5. The highest BCUT2D eigenvalue weighted by Crippen LogP contribution is 2.57. The molecular formula is C53H57N5O11. The first kappa shape index (κ1) is 49.5. The minimum absolute atomic E-state index is 0.203. The Balaban J connectivity index is 0.000000206. The normalized spacial score (nSPS) is 19.2. The number of esters is 2. The number of carbonyl (C=O) groups excluding carboxylic acids is 5. The van der Waals surface area contributed by atoms with Gasteiger partial charge in [0.1, 0.15) is 30.8 Å². The Morgan fingerprint density at radius 2 is 1.04 bits per heavy atom. The van der Waals surface area contributed by atoms with E-state index >= 15 is 0 Å². The van der Waals surface area contributed by atoms with Crippen molar-refractivity contribution in [2.75, 3.05) is 13.2 Å². The summed E-state index contributed by atoms with van der Waals surface area (Å²) in [6.07, 6.45) is 1.35. The molecule has 2 heterocycles. The highest BCUT2D eigenvalue weighted by molar-refractivity contribution is 5.96. The number of hydrogen-bond acceptors (Lipinski definition) is 13. The number of carbonyl (C=O) groups is 5. The fourth-order valence-electron chi connectivity index (χ4n) is 8.87. The van der Waals surface area contributed by atoms with Crippen molar-refractivity contribution in [2.45, 2.75) is 79.6 Å². The SMILES string of the molecule is CCOC(=O)[C@@]1(Cc2ccc(OCc3cc(C)nc4ccccc34)cc2)C[C@@H]1C(=O)NO.CCOC(=O)[C@@]1(Cc2ccc(OCc3cc(C)nc4ccccc34)cc2)C[C@@H]1C(=O)N[C@H](C)C(=O)NO. The van der Waals surface area contributed by atoms with Crippen LogP contribution in [-0.2, 0) is 59.5 Å². The molecule has 16 heteroatoms. The zero-order valence-electron chi connectivity index (χ0n) is 39.2. The molecule has 16 nitrogen and oxygen atoms in total. The van der Waals surface area contributed by atoms with Crippen LogP contribution in [0.4, 0.5) is 0 Å². The molecule has 3 amide bonds. The number of aryl methyl sites for hydroxylation is 2. The molecule has 0 unspecified atom stereocenters. The van der Waals surface area contributed by atoms with E-state index in [1.165, 1.54) is 12.4 Å². The molecule has 6 aromatic rings. The van der Waals surface area contributed by atoms with Gasteiger partial charge in [0.15, 0.2) is 0 Å². The van der Waals surface area contributed by atoms with Crippen LogP contribution in [0.5, 0.6) is 11.5 Å². The molecule has 69 heavy (non-hydrogen) atoms. The third-order valence-corrected chi connectivity index (χ3v) is 12.7. The molecule has 2 saturated carbocycles. The van der Waals surface area contributed by atoms with Crippen LogP contribution in [0.1, 0.15) is 67.3 Å². The van der Waals surface area contributed by atoms with Crippen LogP contribution >= 0.6 is 0 Å². The smallest absolute Gasteiger partial charge is 0.313 e. The maximum atomic E-state index is 12.8. The lowest BCUT2D eigenvalue weighted by atomic mass is 9.93. The number of nitrogens with one attached hydrogen (secondary N) is 3. The Kier molecular flexibility index (Phi) is 15.5. The molecule has 5 atom stereocenters. The number of amides is 3. The largest absolute Gasteiger partial charge is 0.489 e. The topological polar surface area (TPSA) is 225 Å². The van der Waals surface area contributed by atoms with Crippen LogP contribution in [0.3, 0.4) is 0 Å². The van der Waals surface area contributed by atoms with E-state index in [0.29, 0.717) is 50.4 Å². The van der Waals surface area contributed by atoms with Crippen molar-refractivity contribution < 1.29 is 53.3 Å². The van der Waals surface area contributed by atoms with Gasteiger partial charge in [-0.1, -0.05) is 60.7 Å². The van der Waals surface area contributed by atoms with Crippen molar-refractivity contribution in [3.8, 4) is 11.5 Å². The Hall–Kier alpha value is -7.43. The number of pyridine rings is 2. The Labute approximate surface area is 399 Å². The highest BCUT2D eigenvalue weighted by Gasteiger charge is 2.65. The number of hydroxylamine groups is 2. The van der Waals surface area contributed by atoms with Crippen LogP contribution in [0, 0.1) is 36.5 Å². The van der Waals surface area contributed by atoms with Gasteiger partial charge in [-0.3, -0.25) is 44.4 Å². The monoisotopic (exact) mass is 939 g/mol. The summed E-state index contributed by atoms with van der Waals surface area (Å²) in [7, 11) is 0. The average Bonchev–Trinajstić information content (AvgIpc) is 4.28. The molecule has 0 spiro atoms. The van der Waals surface area contributed by atoms with E-state index in [0.717, 1.165) is 55.4 Å². The highest BCUT2D eigenvalue weighted by atomic mass is 16.5. The molecule has 0 bridgehead atoms. The summed E-state index contributed by atoms with van der Waals surface area (Å²) in [5.74, 6) is -2.39. The number of fused-ring (bicyclic) bond motifs is 2. The summed E-state index contributed by atoms with van der Waals surface area (Å²) >= 11 is 0. The Morgan fingerprint density at radius 3 is 1.45 bits per heavy atom. The van der Waals surface area contributed by atoms with Gasteiger partial charge in [-0.05, 0) is 120 Å². The second-order valence-electron chi connectivity index (χ2n) is 17.5. The number of nitrogens with zero attached hydrogens (tertiary/aromatic N) is 2. The quantitative estimate of drug-likeness (QED) is 0.0334. The molecule has 360 valence electrons. The van der Waals surface area contributed by atoms with Gasteiger partial charge in [-0.25, -0.2) is 11.0 Å². The number of benzene rings is 4. The molecule has 4 aromatic carbocycles. The first-order chi connectivity index (χ1) is 33.2. The summed E-state index contributed by atoms with van der Waals surface area (Å²) in [5, 5.41) is 22.4. The van der Waals surface area contributed by atoms with E-state index in [9.17, 15) is 24.0 Å². The molecule has 2 fully saturated rings. The van der Waals surface area contributed by atoms with Crippen molar-refractivity contribution in [1.29, 1.82) is 0 Å². The molecule has 0 saturated heterocycles. The van der Waals surface area contributed by atoms with Gasteiger partial charge < -0.3 is 24.3 Å². The van der Waals surface area contributed by atoms with Crippen molar-refractivity contribution in [3.63, 3.8) is 0 Å². The predicted molar refractivity (Wildman–Crippen MR) is 254 cm³/mol. The van der Waals surface area contributed by atoms with Crippen molar-refractivity contribution in [2.24, 2.45) is 22.7 Å². The maximum Gasteiger partial charge on any atom is 0.313 e. The maximum absolute atomic E-state index is 12.8.